The maximum absolute atomic E-state index is 12.6. The van der Waals surface area contributed by atoms with E-state index < -0.39 is 5.91 Å². The largest absolute Gasteiger partial charge is 0.484 e. The summed E-state index contributed by atoms with van der Waals surface area (Å²) in [7, 11) is 0. The number of hydrogen-bond donors (Lipinski definition) is 2. The van der Waals surface area contributed by atoms with Gasteiger partial charge >= 0.3 is 0 Å². The van der Waals surface area contributed by atoms with Gasteiger partial charge in [0, 0.05) is 24.7 Å². The van der Waals surface area contributed by atoms with E-state index in [9.17, 15) is 9.59 Å². The minimum absolute atomic E-state index is 0. The van der Waals surface area contributed by atoms with Crippen LogP contribution in [0.2, 0.25) is 0 Å². The second kappa shape index (κ2) is 7.66. The summed E-state index contributed by atoms with van der Waals surface area (Å²) in [5.41, 5.74) is 11.6. The Morgan fingerprint density at radius 2 is 2.09 bits per heavy atom. The monoisotopic (exact) mass is 341 g/mol. The average Bonchev–Trinajstić information content (AvgIpc) is 2.47. The number of likely N-dealkylation sites (tertiary alicyclic amines) is 1. The van der Waals surface area contributed by atoms with E-state index in [2.05, 4.69) is 13.8 Å². The molecule has 1 aromatic carbocycles. The number of amides is 2. The summed E-state index contributed by atoms with van der Waals surface area (Å²) < 4.78 is 5.24. The lowest BCUT2D eigenvalue weighted by molar-refractivity contribution is -0.119. The highest BCUT2D eigenvalue weighted by atomic mass is 35.5. The molecule has 7 heteroatoms. The Balaban J connectivity index is 0.00000264. The summed E-state index contributed by atoms with van der Waals surface area (Å²) in [5.74, 6) is -0.148. The molecule has 0 bridgehead atoms. The van der Waals surface area contributed by atoms with E-state index in [1.54, 1.807) is 24.3 Å². The van der Waals surface area contributed by atoms with Crippen molar-refractivity contribution in [3.05, 3.63) is 29.8 Å². The van der Waals surface area contributed by atoms with E-state index in [0.29, 0.717) is 24.4 Å². The number of halogens is 1. The fourth-order valence-electron chi connectivity index (χ4n) is 2.60. The summed E-state index contributed by atoms with van der Waals surface area (Å²) in [4.78, 5) is 25.2. The molecule has 1 aromatic rings. The van der Waals surface area contributed by atoms with Gasteiger partial charge in [0.05, 0.1) is 0 Å². The zero-order valence-electron chi connectivity index (χ0n) is 13.5. The SMILES string of the molecule is CC1(C)CN(C(=O)c2cccc(OCC(N)=O)c2)CCC1N.Cl. The number of primary amides is 1. The van der Waals surface area contributed by atoms with Gasteiger partial charge in [-0.05, 0) is 30.0 Å². The predicted octanol–water partition coefficient (Wildman–Crippen LogP) is 1.17. The lowest BCUT2D eigenvalue weighted by Gasteiger charge is -2.42. The fraction of sp³-hybridized carbons (Fsp3) is 0.500. The molecule has 0 spiro atoms. The number of nitrogens with two attached hydrogens (primary N) is 2. The van der Waals surface area contributed by atoms with Gasteiger partial charge in [0.25, 0.3) is 11.8 Å². The predicted molar refractivity (Wildman–Crippen MR) is 90.7 cm³/mol. The minimum Gasteiger partial charge on any atom is -0.484 e. The Morgan fingerprint density at radius 1 is 1.39 bits per heavy atom. The van der Waals surface area contributed by atoms with Crippen LogP contribution in [0.15, 0.2) is 24.3 Å². The van der Waals surface area contributed by atoms with Crippen molar-refractivity contribution in [3.8, 4) is 5.75 Å². The summed E-state index contributed by atoms with van der Waals surface area (Å²) in [6.45, 7) is 5.21. The highest BCUT2D eigenvalue weighted by molar-refractivity contribution is 5.94. The molecule has 1 atom stereocenters. The molecule has 1 aliphatic heterocycles. The van der Waals surface area contributed by atoms with Crippen molar-refractivity contribution >= 4 is 24.2 Å². The van der Waals surface area contributed by atoms with Crippen molar-refractivity contribution in [2.45, 2.75) is 26.3 Å². The second-order valence-electron chi connectivity index (χ2n) is 6.39. The lowest BCUT2D eigenvalue weighted by Crippen LogP contribution is -2.53. The molecule has 1 fully saturated rings. The van der Waals surface area contributed by atoms with Crippen molar-refractivity contribution in [3.63, 3.8) is 0 Å². The topological polar surface area (TPSA) is 98.6 Å². The number of carbonyl (C=O) groups excluding carboxylic acids is 2. The van der Waals surface area contributed by atoms with E-state index in [-0.39, 0.29) is 36.4 Å². The molecule has 1 heterocycles. The zero-order chi connectivity index (χ0) is 16.3. The normalized spacial score (nSPS) is 19.6. The zero-order valence-corrected chi connectivity index (χ0v) is 14.3. The molecule has 0 aliphatic carbocycles. The maximum Gasteiger partial charge on any atom is 0.255 e. The number of benzene rings is 1. The molecule has 0 radical (unpaired) electrons. The van der Waals surface area contributed by atoms with Gasteiger partial charge < -0.3 is 21.1 Å². The molecule has 128 valence electrons. The van der Waals surface area contributed by atoms with Gasteiger partial charge in [0.15, 0.2) is 6.61 Å². The first kappa shape index (κ1) is 19.3. The smallest absolute Gasteiger partial charge is 0.255 e. The van der Waals surface area contributed by atoms with Crippen LogP contribution in [-0.4, -0.2) is 42.5 Å². The fourth-order valence-corrected chi connectivity index (χ4v) is 2.60. The molecule has 2 amide bonds. The third kappa shape index (κ3) is 4.84. The summed E-state index contributed by atoms with van der Waals surface area (Å²) in [6.07, 6.45) is 0.788. The summed E-state index contributed by atoms with van der Waals surface area (Å²) in [5, 5.41) is 0. The van der Waals surface area contributed by atoms with Gasteiger partial charge in [-0.2, -0.15) is 0 Å². The van der Waals surface area contributed by atoms with Crippen LogP contribution in [0.25, 0.3) is 0 Å². The van der Waals surface area contributed by atoms with Crippen LogP contribution in [0.1, 0.15) is 30.6 Å². The van der Waals surface area contributed by atoms with Gasteiger partial charge in [-0.1, -0.05) is 19.9 Å². The van der Waals surface area contributed by atoms with E-state index in [0.717, 1.165) is 6.42 Å². The molecule has 0 saturated carbocycles. The Kier molecular flexibility index (Phi) is 6.41. The third-order valence-electron chi connectivity index (χ3n) is 4.06. The van der Waals surface area contributed by atoms with Crippen LogP contribution in [-0.2, 0) is 4.79 Å². The number of carbonyl (C=O) groups is 2. The van der Waals surface area contributed by atoms with Gasteiger partial charge in [-0.15, -0.1) is 12.4 Å². The highest BCUT2D eigenvalue weighted by Crippen LogP contribution is 2.29. The van der Waals surface area contributed by atoms with Crippen LogP contribution in [0.5, 0.6) is 5.75 Å². The standard InChI is InChI=1S/C16H23N3O3.ClH/c1-16(2)10-19(7-6-13(16)17)15(21)11-4-3-5-12(8-11)22-9-14(18)20;/h3-5,8,13H,6-7,9-10,17H2,1-2H3,(H2,18,20);1H. The Bertz CT molecular complexity index is 577. The molecule has 1 unspecified atom stereocenters. The van der Waals surface area contributed by atoms with Gasteiger partial charge in [-0.25, -0.2) is 0 Å². The van der Waals surface area contributed by atoms with E-state index >= 15 is 0 Å². The first-order chi connectivity index (χ1) is 10.3. The Morgan fingerprint density at radius 3 is 2.70 bits per heavy atom. The van der Waals surface area contributed by atoms with Crippen LogP contribution in [0.4, 0.5) is 0 Å². The molecule has 1 saturated heterocycles. The van der Waals surface area contributed by atoms with Crippen LogP contribution in [0.3, 0.4) is 0 Å². The van der Waals surface area contributed by atoms with Crippen LogP contribution >= 0.6 is 12.4 Å². The molecular weight excluding hydrogens is 318 g/mol. The molecule has 1 aliphatic rings. The van der Waals surface area contributed by atoms with Crippen molar-refractivity contribution in [1.82, 2.24) is 4.90 Å². The number of rotatable bonds is 4. The molecule has 0 aromatic heterocycles. The molecule has 2 rings (SSSR count). The second-order valence-corrected chi connectivity index (χ2v) is 6.39. The van der Waals surface area contributed by atoms with E-state index in [4.69, 9.17) is 16.2 Å². The summed E-state index contributed by atoms with van der Waals surface area (Å²) >= 11 is 0. The molecule has 4 N–H and O–H groups in total. The average molecular weight is 342 g/mol. The van der Waals surface area contributed by atoms with Crippen LogP contribution < -0.4 is 16.2 Å². The van der Waals surface area contributed by atoms with E-state index in [1.807, 2.05) is 4.90 Å². The summed E-state index contributed by atoms with van der Waals surface area (Å²) in [6, 6.07) is 6.88. The minimum atomic E-state index is -0.552. The van der Waals surface area contributed by atoms with Gasteiger partial charge in [0.1, 0.15) is 5.75 Å². The van der Waals surface area contributed by atoms with E-state index in [1.165, 1.54) is 0 Å². The molecule has 6 nitrogen and oxygen atoms in total. The van der Waals surface area contributed by atoms with Crippen molar-refractivity contribution in [2.75, 3.05) is 19.7 Å². The third-order valence-corrected chi connectivity index (χ3v) is 4.06. The number of ether oxygens (including phenoxy) is 1. The van der Waals surface area contributed by atoms with Gasteiger partial charge in [-0.3, -0.25) is 9.59 Å². The van der Waals surface area contributed by atoms with Crippen molar-refractivity contribution < 1.29 is 14.3 Å². The highest BCUT2D eigenvalue weighted by Gasteiger charge is 2.35. The van der Waals surface area contributed by atoms with Crippen molar-refractivity contribution in [2.24, 2.45) is 16.9 Å². The van der Waals surface area contributed by atoms with Crippen molar-refractivity contribution in [1.29, 1.82) is 0 Å². The number of piperidine rings is 1. The molecule has 23 heavy (non-hydrogen) atoms. The number of hydrogen-bond acceptors (Lipinski definition) is 4. The van der Waals surface area contributed by atoms with Gasteiger partial charge in [0.2, 0.25) is 0 Å². The Hall–Kier alpha value is -1.79. The maximum atomic E-state index is 12.6. The first-order valence-corrected chi connectivity index (χ1v) is 7.35. The lowest BCUT2D eigenvalue weighted by atomic mass is 9.79. The number of nitrogens with zero attached hydrogens (tertiary/aromatic N) is 1. The quantitative estimate of drug-likeness (QED) is 0.858. The Labute approximate surface area is 142 Å². The first-order valence-electron chi connectivity index (χ1n) is 7.35. The van der Waals surface area contributed by atoms with Crippen LogP contribution in [0, 0.1) is 5.41 Å². The molecular formula is C16H24ClN3O3.